The zero-order valence-corrected chi connectivity index (χ0v) is 15.5. The molecule has 1 aliphatic heterocycles. The highest BCUT2D eigenvalue weighted by Crippen LogP contribution is 2.19. The molecule has 1 aliphatic rings. The molecule has 1 amide bonds. The van der Waals surface area contributed by atoms with Gasteiger partial charge in [0.2, 0.25) is 5.91 Å². The van der Waals surface area contributed by atoms with Crippen LogP contribution in [0, 0.1) is 0 Å². The van der Waals surface area contributed by atoms with Crippen molar-refractivity contribution in [1.29, 1.82) is 0 Å². The molecule has 2 unspecified atom stereocenters. The van der Waals surface area contributed by atoms with Crippen molar-refractivity contribution >= 4 is 18.3 Å². The van der Waals surface area contributed by atoms with Crippen molar-refractivity contribution in [3.63, 3.8) is 0 Å². The van der Waals surface area contributed by atoms with Gasteiger partial charge in [0.25, 0.3) is 0 Å². The summed E-state index contributed by atoms with van der Waals surface area (Å²) in [5.41, 5.74) is 5.49. The molecular weight excluding hydrogens is 302 g/mol. The average Bonchev–Trinajstić information content (AvgIpc) is 2.45. The summed E-state index contributed by atoms with van der Waals surface area (Å²) in [5.74, 6) is 0.108. The molecule has 0 bridgehead atoms. The van der Waals surface area contributed by atoms with E-state index >= 15 is 0 Å². The van der Waals surface area contributed by atoms with Crippen LogP contribution in [0.1, 0.15) is 46.5 Å². The van der Waals surface area contributed by atoms with Crippen LogP contribution in [-0.4, -0.2) is 67.2 Å². The van der Waals surface area contributed by atoms with Gasteiger partial charge in [-0.2, -0.15) is 0 Å². The highest BCUT2D eigenvalue weighted by atomic mass is 35.5. The van der Waals surface area contributed by atoms with Gasteiger partial charge in [-0.05, 0) is 19.8 Å². The summed E-state index contributed by atoms with van der Waals surface area (Å²) in [4.78, 5) is 17.1. The van der Waals surface area contributed by atoms with Crippen molar-refractivity contribution in [2.75, 3.05) is 39.9 Å². The Morgan fingerprint density at radius 2 is 2.00 bits per heavy atom. The lowest BCUT2D eigenvalue weighted by Gasteiger charge is -2.43. The maximum absolute atomic E-state index is 12.6. The fourth-order valence-electron chi connectivity index (χ4n) is 3.17. The highest BCUT2D eigenvalue weighted by molar-refractivity contribution is 5.86. The third-order valence-electron chi connectivity index (χ3n) is 4.35. The quantitative estimate of drug-likeness (QED) is 0.736. The second-order valence-corrected chi connectivity index (χ2v) is 6.39. The maximum Gasteiger partial charge on any atom is 0.242 e. The summed E-state index contributed by atoms with van der Waals surface area (Å²) >= 11 is 0. The summed E-state index contributed by atoms with van der Waals surface area (Å²) in [6.45, 7) is 10.3. The van der Waals surface area contributed by atoms with Crippen LogP contribution in [0.4, 0.5) is 0 Å². The number of methoxy groups -OCH3 is 1. The minimum Gasteiger partial charge on any atom is -0.383 e. The van der Waals surface area contributed by atoms with E-state index in [1.54, 1.807) is 7.11 Å². The van der Waals surface area contributed by atoms with E-state index in [1.165, 1.54) is 0 Å². The number of nitrogens with two attached hydrogens (primary N) is 1. The summed E-state index contributed by atoms with van der Waals surface area (Å²) in [5, 5.41) is 0. The molecule has 22 heavy (non-hydrogen) atoms. The first-order chi connectivity index (χ1) is 9.96. The number of carbonyl (C=O) groups excluding carboxylic acids is 1. The number of carbonyl (C=O) groups is 1. The molecule has 1 saturated heterocycles. The van der Waals surface area contributed by atoms with Gasteiger partial charge in [-0.25, -0.2) is 0 Å². The number of rotatable bonds is 8. The molecular formula is C16H34ClN3O2. The van der Waals surface area contributed by atoms with Gasteiger partial charge in [0.15, 0.2) is 0 Å². The van der Waals surface area contributed by atoms with Crippen LogP contribution in [0.5, 0.6) is 0 Å². The number of hydrogen-bond donors (Lipinski definition) is 1. The first-order valence-electron chi connectivity index (χ1n) is 8.27. The molecule has 0 aromatic carbocycles. The number of ether oxygens (including phenoxy) is 1. The molecule has 1 fully saturated rings. The van der Waals surface area contributed by atoms with Crippen LogP contribution in [0.2, 0.25) is 0 Å². The molecule has 0 saturated carbocycles. The summed E-state index contributed by atoms with van der Waals surface area (Å²) in [6.07, 6.45) is 3.92. The second kappa shape index (κ2) is 10.4. The van der Waals surface area contributed by atoms with Crippen molar-refractivity contribution in [2.45, 2.75) is 58.0 Å². The van der Waals surface area contributed by atoms with E-state index in [4.69, 9.17) is 10.5 Å². The van der Waals surface area contributed by atoms with Gasteiger partial charge < -0.3 is 15.4 Å². The molecule has 2 atom stereocenters. The Balaban J connectivity index is 0.00000441. The molecule has 0 aliphatic carbocycles. The highest BCUT2D eigenvalue weighted by Gasteiger charge is 2.36. The number of halogens is 1. The van der Waals surface area contributed by atoms with Crippen LogP contribution in [0.15, 0.2) is 0 Å². The third-order valence-corrected chi connectivity index (χ3v) is 4.35. The van der Waals surface area contributed by atoms with Crippen LogP contribution in [-0.2, 0) is 9.53 Å². The first kappa shape index (κ1) is 21.6. The van der Waals surface area contributed by atoms with Crippen molar-refractivity contribution in [2.24, 2.45) is 5.73 Å². The van der Waals surface area contributed by atoms with E-state index in [0.717, 1.165) is 58.5 Å². The zero-order valence-electron chi connectivity index (χ0n) is 14.6. The number of piperazine rings is 1. The van der Waals surface area contributed by atoms with Gasteiger partial charge in [0, 0.05) is 39.3 Å². The Labute approximate surface area is 141 Å². The van der Waals surface area contributed by atoms with Gasteiger partial charge in [0.1, 0.15) is 0 Å². The lowest BCUT2D eigenvalue weighted by molar-refractivity contribution is -0.140. The smallest absolute Gasteiger partial charge is 0.242 e. The molecule has 132 valence electrons. The summed E-state index contributed by atoms with van der Waals surface area (Å²) < 4.78 is 5.19. The Hall–Kier alpha value is -0.360. The predicted molar refractivity (Wildman–Crippen MR) is 93.5 cm³/mol. The third kappa shape index (κ3) is 6.03. The Kier molecular flexibility index (Phi) is 10.3. The predicted octanol–water partition coefficient (Wildman–Crippen LogP) is 1.88. The second-order valence-electron chi connectivity index (χ2n) is 6.39. The molecule has 1 heterocycles. The monoisotopic (exact) mass is 335 g/mol. The molecule has 1 rings (SSSR count). The van der Waals surface area contributed by atoms with Gasteiger partial charge in [-0.1, -0.05) is 26.7 Å². The van der Waals surface area contributed by atoms with E-state index in [0.29, 0.717) is 6.04 Å². The Bertz CT molecular complexity index is 327. The normalized spacial score (nSPS) is 22.0. The van der Waals surface area contributed by atoms with Gasteiger partial charge in [-0.15, -0.1) is 12.4 Å². The van der Waals surface area contributed by atoms with Gasteiger partial charge in [-0.3, -0.25) is 9.69 Å². The molecule has 2 N–H and O–H groups in total. The van der Waals surface area contributed by atoms with E-state index in [1.807, 2.05) is 11.8 Å². The molecule has 0 aromatic heterocycles. The average molecular weight is 336 g/mol. The minimum absolute atomic E-state index is 0. The van der Waals surface area contributed by atoms with Crippen molar-refractivity contribution in [1.82, 2.24) is 9.80 Å². The molecule has 0 radical (unpaired) electrons. The van der Waals surface area contributed by atoms with Crippen LogP contribution < -0.4 is 5.73 Å². The molecule has 6 heteroatoms. The number of amides is 1. The van der Waals surface area contributed by atoms with Crippen LogP contribution >= 0.6 is 12.4 Å². The van der Waals surface area contributed by atoms with E-state index in [-0.39, 0.29) is 18.3 Å². The van der Waals surface area contributed by atoms with Crippen molar-refractivity contribution in [3.05, 3.63) is 0 Å². The van der Waals surface area contributed by atoms with Crippen LogP contribution in [0.25, 0.3) is 0 Å². The summed E-state index contributed by atoms with van der Waals surface area (Å²) in [7, 11) is 1.74. The Morgan fingerprint density at radius 1 is 1.32 bits per heavy atom. The van der Waals surface area contributed by atoms with E-state index < -0.39 is 5.54 Å². The van der Waals surface area contributed by atoms with E-state index in [2.05, 4.69) is 18.7 Å². The molecule has 0 aromatic rings. The van der Waals surface area contributed by atoms with Gasteiger partial charge in [0.05, 0.1) is 12.1 Å². The van der Waals surface area contributed by atoms with Gasteiger partial charge >= 0.3 is 0 Å². The molecule has 5 nitrogen and oxygen atoms in total. The lowest BCUT2D eigenvalue weighted by Crippen LogP contribution is -2.61. The molecule has 0 spiro atoms. The Morgan fingerprint density at radius 3 is 2.55 bits per heavy atom. The lowest BCUT2D eigenvalue weighted by atomic mass is 9.94. The van der Waals surface area contributed by atoms with Crippen molar-refractivity contribution < 1.29 is 9.53 Å². The number of nitrogens with zero attached hydrogens (tertiary/aromatic N) is 2. The summed E-state index contributed by atoms with van der Waals surface area (Å²) in [6, 6.07) is 0.431. The first-order valence-corrected chi connectivity index (χ1v) is 8.27. The standard InChI is InChI=1S/C16H33N3O2.ClH/c1-5-7-14-13-19(10-9-18(14)11-12-21-4)15(20)16(3,17)8-6-2;/h14H,5-13,17H2,1-4H3;1H. The van der Waals surface area contributed by atoms with Crippen LogP contribution in [0.3, 0.4) is 0 Å². The fourth-order valence-corrected chi connectivity index (χ4v) is 3.17. The van der Waals surface area contributed by atoms with Crippen molar-refractivity contribution in [3.8, 4) is 0 Å². The zero-order chi connectivity index (χ0) is 15.9. The topological polar surface area (TPSA) is 58.8 Å². The largest absolute Gasteiger partial charge is 0.383 e. The number of hydrogen-bond acceptors (Lipinski definition) is 4. The fraction of sp³-hybridized carbons (Fsp3) is 0.938. The SMILES string of the molecule is CCCC1CN(C(=O)C(C)(N)CCC)CCN1CCOC.Cl. The van der Waals surface area contributed by atoms with E-state index in [9.17, 15) is 4.79 Å². The maximum atomic E-state index is 12.6. The minimum atomic E-state index is -0.722.